The zero-order valence-electron chi connectivity index (χ0n) is 16.3. The van der Waals surface area contributed by atoms with Crippen molar-refractivity contribution in [3.8, 4) is 17.3 Å². The van der Waals surface area contributed by atoms with E-state index in [1.165, 1.54) is 23.5 Å². The Hall–Kier alpha value is -2.72. The molecule has 2 aromatic heterocycles. The molecule has 0 spiro atoms. The van der Waals surface area contributed by atoms with Crippen LogP contribution >= 0.6 is 0 Å². The number of rotatable bonds is 5. The van der Waals surface area contributed by atoms with Crippen molar-refractivity contribution in [2.45, 2.75) is 38.3 Å². The smallest absolute Gasteiger partial charge is 0.247 e. The van der Waals surface area contributed by atoms with Gasteiger partial charge in [-0.05, 0) is 32.0 Å². The molecule has 0 fully saturated rings. The summed E-state index contributed by atoms with van der Waals surface area (Å²) >= 11 is 0. The standard InChI is InChI=1S/C19H21FN4O4S/c1-4-24-15-7-8-23(11-14(15)18(22-24)19-21-10-12(2)28-19)29(25,26)17-9-13(20)5-6-16(17)27-3/h5-6,9-10H,4,7-8,11H2,1-3H3. The predicted molar refractivity (Wildman–Crippen MR) is 102 cm³/mol. The summed E-state index contributed by atoms with van der Waals surface area (Å²) in [6, 6.07) is 3.46. The van der Waals surface area contributed by atoms with E-state index in [0.29, 0.717) is 30.3 Å². The summed E-state index contributed by atoms with van der Waals surface area (Å²) in [4.78, 5) is 4.05. The van der Waals surface area contributed by atoms with Gasteiger partial charge in [-0.2, -0.15) is 9.40 Å². The van der Waals surface area contributed by atoms with E-state index in [1.807, 2.05) is 11.6 Å². The Bertz CT molecular complexity index is 1170. The summed E-state index contributed by atoms with van der Waals surface area (Å²) in [6.07, 6.45) is 2.08. The molecule has 154 valence electrons. The molecule has 29 heavy (non-hydrogen) atoms. The van der Waals surface area contributed by atoms with Crippen LogP contribution in [0.5, 0.6) is 5.75 Å². The summed E-state index contributed by atoms with van der Waals surface area (Å²) in [5.74, 6) is 0.458. The SMILES string of the molecule is CCn1nc(-c2ncc(C)o2)c2c1CCN(S(=O)(=O)c1cc(F)ccc1OC)C2. The Morgan fingerprint density at radius 2 is 2.14 bits per heavy atom. The zero-order valence-corrected chi connectivity index (χ0v) is 17.2. The largest absolute Gasteiger partial charge is 0.495 e. The van der Waals surface area contributed by atoms with Gasteiger partial charge in [-0.1, -0.05) is 0 Å². The molecule has 0 amide bonds. The molecule has 0 saturated heterocycles. The number of ether oxygens (including phenoxy) is 1. The lowest BCUT2D eigenvalue weighted by Gasteiger charge is -2.27. The summed E-state index contributed by atoms with van der Waals surface area (Å²) in [7, 11) is -2.62. The lowest BCUT2D eigenvalue weighted by Crippen LogP contribution is -2.36. The van der Waals surface area contributed by atoms with Crippen LogP contribution in [0.3, 0.4) is 0 Å². The van der Waals surface area contributed by atoms with Crippen LogP contribution < -0.4 is 4.74 Å². The number of fused-ring (bicyclic) bond motifs is 1. The van der Waals surface area contributed by atoms with Crippen LogP contribution in [0.4, 0.5) is 4.39 Å². The summed E-state index contributed by atoms with van der Waals surface area (Å²) < 4.78 is 54.3. The first-order valence-corrected chi connectivity index (χ1v) is 10.6. The lowest BCUT2D eigenvalue weighted by atomic mass is 10.1. The molecule has 0 unspecified atom stereocenters. The molecule has 0 atom stereocenters. The molecule has 3 aromatic rings. The molecule has 4 rings (SSSR count). The third kappa shape index (κ3) is 3.32. The topological polar surface area (TPSA) is 90.5 Å². The maximum atomic E-state index is 13.8. The number of sulfonamides is 1. The highest BCUT2D eigenvalue weighted by Gasteiger charge is 2.35. The van der Waals surface area contributed by atoms with Crippen molar-refractivity contribution in [1.29, 1.82) is 0 Å². The van der Waals surface area contributed by atoms with E-state index in [1.54, 1.807) is 13.1 Å². The second-order valence-corrected chi connectivity index (χ2v) is 8.66. The fraction of sp³-hybridized carbons (Fsp3) is 0.368. The first-order chi connectivity index (χ1) is 13.8. The van der Waals surface area contributed by atoms with Crippen molar-refractivity contribution in [1.82, 2.24) is 19.1 Å². The predicted octanol–water partition coefficient (Wildman–Crippen LogP) is 2.76. The van der Waals surface area contributed by atoms with Crippen molar-refractivity contribution in [2.24, 2.45) is 0 Å². The minimum atomic E-state index is -3.98. The van der Waals surface area contributed by atoms with Crippen LogP contribution in [0.1, 0.15) is 23.9 Å². The molecule has 1 aliphatic heterocycles. The maximum absolute atomic E-state index is 13.8. The number of oxazole rings is 1. The monoisotopic (exact) mass is 420 g/mol. The third-order valence-corrected chi connectivity index (χ3v) is 6.83. The fourth-order valence-corrected chi connectivity index (χ4v) is 5.14. The van der Waals surface area contributed by atoms with Gasteiger partial charge in [-0.25, -0.2) is 17.8 Å². The Morgan fingerprint density at radius 1 is 1.34 bits per heavy atom. The average molecular weight is 420 g/mol. The second kappa shape index (κ2) is 7.27. The molecule has 0 saturated carbocycles. The molecular weight excluding hydrogens is 399 g/mol. The fourth-order valence-electron chi connectivity index (χ4n) is 3.56. The molecule has 0 radical (unpaired) electrons. The highest BCUT2D eigenvalue weighted by molar-refractivity contribution is 7.89. The molecule has 0 N–H and O–H groups in total. The molecule has 0 bridgehead atoms. The van der Waals surface area contributed by atoms with Gasteiger partial charge in [0, 0.05) is 37.3 Å². The molecule has 0 aliphatic carbocycles. The van der Waals surface area contributed by atoms with Gasteiger partial charge in [-0.15, -0.1) is 0 Å². The number of hydrogen-bond donors (Lipinski definition) is 0. The number of methoxy groups -OCH3 is 1. The van der Waals surface area contributed by atoms with E-state index in [-0.39, 0.29) is 23.7 Å². The van der Waals surface area contributed by atoms with E-state index in [4.69, 9.17) is 9.15 Å². The van der Waals surface area contributed by atoms with Gasteiger partial charge in [0.25, 0.3) is 0 Å². The van der Waals surface area contributed by atoms with Crippen molar-refractivity contribution in [3.05, 3.63) is 47.2 Å². The first-order valence-electron chi connectivity index (χ1n) is 9.20. The van der Waals surface area contributed by atoms with Crippen LogP contribution in [0.15, 0.2) is 33.7 Å². The van der Waals surface area contributed by atoms with Crippen LogP contribution in [0.25, 0.3) is 11.6 Å². The molecule has 1 aromatic carbocycles. The van der Waals surface area contributed by atoms with Crippen molar-refractivity contribution >= 4 is 10.0 Å². The number of hydrogen-bond acceptors (Lipinski definition) is 6. The van der Waals surface area contributed by atoms with Gasteiger partial charge in [0.15, 0.2) is 5.69 Å². The number of benzene rings is 1. The third-order valence-electron chi connectivity index (χ3n) is 4.97. The van der Waals surface area contributed by atoms with E-state index in [2.05, 4.69) is 10.1 Å². The Kier molecular flexibility index (Phi) is 4.91. The minimum absolute atomic E-state index is 0.0914. The van der Waals surface area contributed by atoms with Gasteiger partial charge in [0.1, 0.15) is 22.2 Å². The van der Waals surface area contributed by atoms with Crippen molar-refractivity contribution in [2.75, 3.05) is 13.7 Å². The van der Waals surface area contributed by atoms with Crippen LogP contribution in [0.2, 0.25) is 0 Å². The maximum Gasteiger partial charge on any atom is 0.247 e. The van der Waals surface area contributed by atoms with Gasteiger partial charge in [0.05, 0.1) is 13.3 Å². The zero-order chi connectivity index (χ0) is 20.8. The molecule has 10 heteroatoms. The van der Waals surface area contributed by atoms with E-state index < -0.39 is 15.8 Å². The number of halogens is 1. The highest BCUT2D eigenvalue weighted by Crippen LogP contribution is 2.34. The summed E-state index contributed by atoms with van der Waals surface area (Å²) in [5, 5.41) is 4.59. The number of aromatic nitrogens is 3. The van der Waals surface area contributed by atoms with E-state index in [9.17, 15) is 12.8 Å². The first kappa shape index (κ1) is 19.6. The Balaban J connectivity index is 1.77. The Labute approximate surface area is 168 Å². The molecule has 1 aliphatic rings. The van der Waals surface area contributed by atoms with Crippen molar-refractivity contribution < 1.29 is 22.0 Å². The lowest BCUT2D eigenvalue weighted by molar-refractivity contribution is 0.372. The Morgan fingerprint density at radius 3 is 2.79 bits per heavy atom. The van der Waals surface area contributed by atoms with Crippen molar-refractivity contribution in [3.63, 3.8) is 0 Å². The highest BCUT2D eigenvalue weighted by atomic mass is 32.2. The summed E-state index contributed by atoms with van der Waals surface area (Å²) in [6.45, 7) is 4.75. The normalized spacial score (nSPS) is 14.8. The molecule has 8 nitrogen and oxygen atoms in total. The summed E-state index contributed by atoms with van der Waals surface area (Å²) in [5.41, 5.74) is 2.23. The molecular formula is C19H21FN4O4S. The quantitative estimate of drug-likeness (QED) is 0.630. The van der Waals surface area contributed by atoms with Crippen LogP contribution in [-0.2, 0) is 29.5 Å². The molecule has 3 heterocycles. The average Bonchev–Trinajstić information content (AvgIpc) is 3.30. The second-order valence-electron chi connectivity index (χ2n) is 6.75. The number of aryl methyl sites for hydroxylation is 2. The van der Waals surface area contributed by atoms with Crippen LogP contribution in [-0.4, -0.2) is 41.1 Å². The number of nitrogens with zero attached hydrogens (tertiary/aromatic N) is 4. The minimum Gasteiger partial charge on any atom is -0.495 e. The van der Waals surface area contributed by atoms with E-state index >= 15 is 0 Å². The van der Waals surface area contributed by atoms with Crippen LogP contribution in [0, 0.1) is 12.7 Å². The van der Waals surface area contributed by atoms with Gasteiger partial charge < -0.3 is 9.15 Å². The van der Waals surface area contributed by atoms with E-state index in [0.717, 1.165) is 17.3 Å². The van der Waals surface area contributed by atoms with Gasteiger partial charge >= 0.3 is 0 Å². The van der Waals surface area contributed by atoms with Gasteiger partial charge in [0.2, 0.25) is 15.9 Å². The van der Waals surface area contributed by atoms with Gasteiger partial charge in [-0.3, -0.25) is 4.68 Å².